The predicted octanol–water partition coefficient (Wildman–Crippen LogP) is 3.14. The normalized spacial score (nSPS) is 22.6. The van der Waals surface area contributed by atoms with Crippen LogP contribution in [0.15, 0.2) is 42.7 Å². The van der Waals surface area contributed by atoms with Crippen LogP contribution < -0.4 is 5.32 Å². The molecule has 2 aromatic heterocycles. The molecule has 3 aromatic rings. The first kappa shape index (κ1) is 23.5. The number of nitrogens with one attached hydrogen (secondary N) is 1. The van der Waals surface area contributed by atoms with Crippen LogP contribution in [0.25, 0.3) is 0 Å². The van der Waals surface area contributed by atoms with Crippen molar-refractivity contribution < 1.29 is 4.79 Å². The van der Waals surface area contributed by atoms with Gasteiger partial charge in [-0.2, -0.15) is 5.10 Å². The molecule has 2 aliphatic rings. The van der Waals surface area contributed by atoms with Crippen molar-refractivity contribution in [3.8, 4) is 0 Å². The summed E-state index contributed by atoms with van der Waals surface area (Å²) in [6.07, 6.45) is 5.49. The number of benzene rings is 1. The van der Waals surface area contributed by atoms with Crippen LogP contribution in [0.4, 0.5) is 5.95 Å². The molecule has 0 bridgehead atoms. The van der Waals surface area contributed by atoms with Crippen LogP contribution in [0.3, 0.4) is 0 Å². The Bertz CT molecular complexity index is 1210. The number of hydrogen-bond donors (Lipinski definition) is 1. The van der Waals surface area contributed by atoms with E-state index in [0.29, 0.717) is 19.0 Å². The standard InChI is InChI=1S/C27H35N7O/c1-18-6-5-7-20(12-18)24-16-32(3)10-9-23(24)26(35)34-17-25-21(13-19(34)2)14-28-27(30-25)29-15-22-8-11-33(4)31-22/h5-8,11-12,14,19,23-24H,9-10,13,15-17H2,1-4H3,(H,28,29,30)/t19-,23+,24-/m1/s1. The van der Waals surface area contributed by atoms with Crippen molar-refractivity contribution in [3.63, 3.8) is 0 Å². The predicted molar refractivity (Wildman–Crippen MR) is 136 cm³/mol. The quantitative estimate of drug-likeness (QED) is 0.613. The smallest absolute Gasteiger partial charge is 0.227 e. The molecular formula is C27H35N7O. The van der Waals surface area contributed by atoms with Crippen molar-refractivity contribution in [2.45, 2.75) is 51.7 Å². The summed E-state index contributed by atoms with van der Waals surface area (Å²) in [6, 6.07) is 10.8. The summed E-state index contributed by atoms with van der Waals surface area (Å²) >= 11 is 0. The maximum atomic E-state index is 14.0. The van der Waals surface area contributed by atoms with Gasteiger partial charge in [-0.1, -0.05) is 29.8 Å². The number of fused-ring (bicyclic) bond motifs is 1. The van der Waals surface area contributed by atoms with Crippen LogP contribution in [-0.4, -0.2) is 61.6 Å². The molecule has 8 heteroatoms. The summed E-state index contributed by atoms with van der Waals surface area (Å²) < 4.78 is 1.78. The minimum Gasteiger partial charge on any atom is -0.348 e. The molecule has 35 heavy (non-hydrogen) atoms. The Balaban J connectivity index is 1.34. The van der Waals surface area contributed by atoms with E-state index in [2.05, 4.69) is 70.4 Å². The summed E-state index contributed by atoms with van der Waals surface area (Å²) in [5.41, 5.74) is 5.51. The largest absolute Gasteiger partial charge is 0.348 e. The van der Waals surface area contributed by atoms with Gasteiger partial charge in [0.15, 0.2) is 0 Å². The Morgan fingerprint density at radius 1 is 1.23 bits per heavy atom. The number of piperidine rings is 1. The molecule has 1 aromatic carbocycles. The van der Waals surface area contributed by atoms with E-state index in [-0.39, 0.29) is 23.8 Å². The second-order valence-corrected chi connectivity index (χ2v) is 10.2. The third-order valence-electron chi connectivity index (χ3n) is 7.40. The number of amides is 1. The highest BCUT2D eigenvalue weighted by atomic mass is 16.2. The molecule has 0 saturated carbocycles. The number of likely N-dealkylation sites (tertiary alicyclic amines) is 1. The molecule has 0 radical (unpaired) electrons. The first-order chi connectivity index (χ1) is 16.9. The van der Waals surface area contributed by atoms with Gasteiger partial charge in [0.25, 0.3) is 0 Å². The van der Waals surface area contributed by atoms with Crippen LogP contribution in [0.2, 0.25) is 0 Å². The van der Waals surface area contributed by atoms with Gasteiger partial charge in [0.2, 0.25) is 11.9 Å². The summed E-state index contributed by atoms with van der Waals surface area (Å²) in [6.45, 7) is 7.21. The van der Waals surface area contributed by atoms with Gasteiger partial charge in [-0.25, -0.2) is 9.97 Å². The molecule has 8 nitrogen and oxygen atoms in total. The molecule has 184 valence electrons. The van der Waals surface area contributed by atoms with Crippen molar-refractivity contribution in [1.82, 2.24) is 29.5 Å². The lowest BCUT2D eigenvalue weighted by molar-refractivity contribution is -0.141. The van der Waals surface area contributed by atoms with Gasteiger partial charge < -0.3 is 15.1 Å². The molecule has 1 N–H and O–H groups in total. The van der Waals surface area contributed by atoms with Gasteiger partial charge in [0, 0.05) is 43.9 Å². The Morgan fingerprint density at radius 2 is 2.09 bits per heavy atom. The van der Waals surface area contributed by atoms with Crippen LogP contribution in [0, 0.1) is 12.8 Å². The van der Waals surface area contributed by atoms with Gasteiger partial charge in [-0.05, 0) is 57.5 Å². The van der Waals surface area contributed by atoms with E-state index in [1.165, 1.54) is 11.1 Å². The van der Waals surface area contributed by atoms with Gasteiger partial charge in [0.1, 0.15) is 0 Å². The first-order valence-electron chi connectivity index (χ1n) is 12.5. The van der Waals surface area contributed by atoms with Crippen molar-refractivity contribution in [1.29, 1.82) is 0 Å². The number of carbonyl (C=O) groups is 1. The number of carbonyl (C=O) groups excluding carboxylic acids is 1. The third kappa shape index (κ3) is 5.07. The molecule has 4 heterocycles. The van der Waals surface area contributed by atoms with E-state index >= 15 is 0 Å². The number of aryl methyl sites for hydroxylation is 2. The van der Waals surface area contributed by atoms with Crippen LogP contribution in [0.1, 0.15) is 47.3 Å². The molecule has 1 fully saturated rings. The molecule has 0 unspecified atom stereocenters. The highest BCUT2D eigenvalue weighted by molar-refractivity contribution is 5.81. The molecular weight excluding hydrogens is 438 g/mol. The maximum absolute atomic E-state index is 14.0. The number of anilines is 1. The Hall–Kier alpha value is -3.26. The first-order valence-corrected chi connectivity index (χ1v) is 12.5. The van der Waals surface area contributed by atoms with Crippen LogP contribution >= 0.6 is 0 Å². The highest BCUT2D eigenvalue weighted by Gasteiger charge is 2.39. The number of nitrogens with zero attached hydrogens (tertiary/aromatic N) is 6. The number of aromatic nitrogens is 4. The molecule has 0 aliphatic carbocycles. The van der Waals surface area contributed by atoms with E-state index in [1.807, 2.05) is 25.5 Å². The number of likely N-dealkylation sites (N-methyl/N-ethyl adjacent to an activating group) is 1. The van der Waals surface area contributed by atoms with E-state index in [1.54, 1.807) is 4.68 Å². The summed E-state index contributed by atoms with van der Waals surface area (Å²) in [5.74, 6) is 1.02. The fraction of sp³-hybridized carbons (Fsp3) is 0.481. The minimum atomic E-state index is -0.0133. The Kier molecular flexibility index (Phi) is 6.56. The lowest BCUT2D eigenvalue weighted by Crippen LogP contribution is -2.50. The molecule has 5 rings (SSSR count). The second kappa shape index (κ2) is 9.77. The van der Waals surface area contributed by atoms with Gasteiger partial charge in [-0.3, -0.25) is 9.48 Å². The molecule has 0 spiro atoms. The lowest BCUT2D eigenvalue weighted by Gasteiger charge is -2.42. The van der Waals surface area contributed by atoms with E-state index in [0.717, 1.165) is 42.9 Å². The highest BCUT2D eigenvalue weighted by Crippen LogP contribution is 2.35. The molecule has 1 saturated heterocycles. The van der Waals surface area contributed by atoms with Crippen molar-refractivity contribution in [2.75, 3.05) is 25.5 Å². The van der Waals surface area contributed by atoms with Crippen molar-refractivity contribution >= 4 is 11.9 Å². The monoisotopic (exact) mass is 473 g/mol. The lowest BCUT2D eigenvalue weighted by atomic mass is 9.79. The van der Waals surface area contributed by atoms with Gasteiger partial charge in [0.05, 0.1) is 24.5 Å². The van der Waals surface area contributed by atoms with E-state index in [4.69, 9.17) is 4.98 Å². The van der Waals surface area contributed by atoms with Crippen LogP contribution in [-0.2, 0) is 31.4 Å². The van der Waals surface area contributed by atoms with Crippen molar-refractivity contribution in [3.05, 3.63) is 70.8 Å². The SMILES string of the molecule is Cc1cccc([C@H]2CN(C)CC[C@@H]2C(=O)N2Cc3nc(NCc4ccn(C)n4)ncc3C[C@H]2C)c1. The zero-order valence-corrected chi connectivity index (χ0v) is 21.1. The maximum Gasteiger partial charge on any atom is 0.227 e. The van der Waals surface area contributed by atoms with E-state index < -0.39 is 0 Å². The van der Waals surface area contributed by atoms with Gasteiger partial charge in [-0.15, -0.1) is 0 Å². The average Bonchev–Trinajstić information content (AvgIpc) is 3.27. The summed E-state index contributed by atoms with van der Waals surface area (Å²) in [4.78, 5) is 27.7. The topological polar surface area (TPSA) is 79.2 Å². The Morgan fingerprint density at radius 3 is 2.86 bits per heavy atom. The zero-order valence-electron chi connectivity index (χ0n) is 21.1. The molecule has 2 aliphatic heterocycles. The Labute approximate surface area is 207 Å². The number of rotatable bonds is 5. The summed E-state index contributed by atoms with van der Waals surface area (Å²) in [5, 5.41) is 7.67. The fourth-order valence-corrected chi connectivity index (χ4v) is 5.46. The van der Waals surface area contributed by atoms with Gasteiger partial charge >= 0.3 is 0 Å². The fourth-order valence-electron chi connectivity index (χ4n) is 5.46. The molecule has 1 amide bonds. The molecule has 3 atom stereocenters. The zero-order chi connectivity index (χ0) is 24.5. The number of hydrogen-bond acceptors (Lipinski definition) is 6. The average molecular weight is 474 g/mol. The second-order valence-electron chi connectivity index (χ2n) is 10.2. The minimum absolute atomic E-state index is 0.0133. The third-order valence-corrected chi connectivity index (χ3v) is 7.40. The summed E-state index contributed by atoms with van der Waals surface area (Å²) in [7, 11) is 4.05. The van der Waals surface area contributed by atoms with E-state index in [9.17, 15) is 4.79 Å². The van der Waals surface area contributed by atoms with Crippen molar-refractivity contribution in [2.24, 2.45) is 13.0 Å². The van der Waals surface area contributed by atoms with Crippen LogP contribution in [0.5, 0.6) is 0 Å².